The average molecular weight is 942 g/mol. The van der Waals surface area contributed by atoms with E-state index in [0.29, 0.717) is 22.2 Å². The van der Waals surface area contributed by atoms with Gasteiger partial charge in [0.05, 0.1) is 10.9 Å². The summed E-state index contributed by atoms with van der Waals surface area (Å²) < 4.78 is 168. The predicted molar refractivity (Wildman–Crippen MR) is 231 cm³/mol. The molecule has 8 aromatic rings. The number of imidazole rings is 1. The molecule has 0 unspecified atom stereocenters. The van der Waals surface area contributed by atoms with E-state index in [-0.39, 0.29) is 16.1 Å². The molecule has 9 rings (SSSR count). The third kappa shape index (κ3) is 6.96. The highest BCUT2D eigenvalue weighted by Gasteiger charge is 2.52. The summed E-state index contributed by atoms with van der Waals surface area (Å²) in [5, 5.41) is 0.968. The monoisotopic (exact) mass is 940 g/mol. The molecule has 0 radical (unpaired) electrons. The second-order valence-corrected chi connectivity index (χ2v) is 16.6. The molecule has 0 atom stereocenters. The molecule has 1 aliphatic rings. The highest BCUT2D eigenvalue weighted by Crippen LogP contribution is 2.50. The fourth-order valence-corrected chi connectivity index (χ4v) is 9.28. The zero-order valence-electron chi connectivity index (χ0n) is 35.0. The summed E-state index contributed by atoms with van der Waals surface area (Å²) in [4.78, 5) is 0. The molecule has 2 heterocycles. The summed E-state index contributed by atoms with van der Waals surface area (Å²) in [7, 11) is 0. The lowest BCUT2D eigenvalue weighted by Gasteiger charge is -2.38. The van der Waals surface area contributed by atoms with Crippen molar-refractivity contribution in [3.8, 4) is 34.3 Å². The Kier molecular flexibility index (Phi) is 11.6. The Bertz CT molecular complexity index is 3080. The number of benzene rings is 7. The third-order valence-electron chi connectivity index (χ3n) is 11.6. The van der Waals surface area contributed by atoms with Gasteiger partial charge in [0.15, 0.2) is 34.9 Å². The van der Waals surface area contributed by atoms with Crippen LogP contribution in [0.25, 0.3) is 44.3 Å². The summed E-state index contributed by atoms with van der Waals surface area (Å²) in [5.41, 5.74) is 4.18. The minimum absolute atomic E-state index is 0.0361. The van der Waals surface area contributed by atoms with E-state index in [0.717, 1.165) is 44.8 Å². The first-order chi connectivity index (χ1) is 30.8. The van der Waals surface area contributed by atoms with E-state index in [4.69, 9.17) is 32.5 Å². The summed E-state index contributed by atoms with van der Waals surface area (Å²) in [6.07, 6.45) is 3.84. The summed E-state index contributed by atoms with van der Waals surface area (Å²) in [5.74, 6) is -26.7. The number of aryl methyl sites for hydroxylation is 6. The number of nitrogens with zero attached hydrogens (tertiary/aromatic N) is 2. The van der Waals surface area contributed by atoms with Crippen LogP contribution in [-0.4, -0.2) is 16.5 Å². The van der Waals surface area contributed by atoms with Gasteiger partial charge in [-0.25, -0.2) is 43.9 Å². The topological polar surface area (TPSA) is 27.3 Å². The maximum Gasteiger partial charge on any atom is 0.418 e. The maximum atomic E-state index is 15.9. The van der Waals surface area contributed by atoms with Crippen LogP contribution in [0.1, 0.15) is 33.4 Å². The fraction of sp³-hybridized carbons (Fsp3) is 0.146. The van der Waals surface area contributed by atoms with Crippen LogP contribution in [0.2, 0.25) is 0 Å². The minimum Gasteiger partial charge on any atom is -0.673 e. The Morgan fingerprint density at radius 2 is 0.908 bits per heavy atom. The van der Waals surface area contributed by atoms with Gasteiger partial charge >= 0.3 is 6.55 Å². The zero-order chi connectivity index (χ0) is 47.1. The van der Waals surface area contributed by atoms with Gasteiger partial charge in [-0.2, -0.15) is 9.13 Å². The smallest absolute Gasteiger partial charge is 0.418 e. The first kappa shape index (κ1) is 45.4. The van der Waals surface area contributed by atoms with Gasteiger partial charge in [0.25, 0.3) is 5.82 Å². The highest BCUT2D eigenvalue weighted by molar-refractivity contribution is 6.94. The van der Waals surface area contributed by atoms with Crippen LogP contribution in [0, 0.1) is 99.7 Å². The lowest BCUT2D eigenvalue weighted by atomic mass is 9.45. The van der Waals surface area contributed by atoms with Gasteiger partial charge < -0.3 is 9.31 Å². The molecule has 4 nitrogen and oxygen atoms in total. The predicted octanol–water partition coefficient (Wildman–Crippen LogP) is 12.4. The fourth-order valence-electron chi connectivity index (χ4n) is 9.28. The molecule has 0 fully saturated rings. The van der Waals surface area contributed by atoms with Gasteiger partial charge in [0.2, 0.25) is 0 Å². The van der Waals surface area contributed by atoms with Gasteiger partial charge in [-0.15, -0.1) is 23.2 Å². The molecule has 0 amide bonds. The standard InChI is InChI=1S/C47H31BF10N2O2.CH2Cl2/c1-20-15-22(3)43(23(4)16-20)59-13-14-60(44-24(5)17-21(2)18-25(44)6)47(59)26-11-12-29-30(19-26)27-9-7-8-10-28(27)45-46(29)62-48(61-45,31-33(49)37(53)41(57)38(54)34(31)50)32-35(51)39(55)42(58)40(56)36(32)52;2-1-3/h7-19H,1-6H3;1H2. The Labute approximate surface area is 375 Å². The molecular weight excluding hydrogens is 908 g/mol. The van der Waals surface area contributed by atoms with Crippen LogP contribution in [0.4, 0.5) is 43.9 Å². The lowest BCUT2D eigenvalue weighted by molar-refractivity contribution is -0.583. The van der Waals surface area contributed by atoms with Crippen LogP contribution in [0.15, 0.2) is 79.1 Å². The molecule has 334 valence electrons. The Balaban J connectivity index is 0.00000187. The van der Waals surface area contributed by atoms with Gasteiger partial charge in [0, 0.05) is 10.8 Å². The first-order valence-corrected chi connectivity index (χ1v) is 20.8. The van der Waals surface area contributed by atoms with E-state index >= 15 is 35.1 Å². The molecule has 17 heteroatoms. The number of hydrogen-bond acceptors (Lipinski definition) is 2. The quantitative estimate of drug-likeness (QED) is 0.0327. The van der Waals surface area contributed by atoms with Crippen molar-refractivity contribution in [3.63, 3.8) is 0 Å². The van der Waals surface area contributed by atoms with Crippen molar-refractivity contribution < 1.29 is 57.8 Å². The van der Waals surface area contributed by atoms with E-state index in [1.54, 1.807) is 24.3 Å². The van der Waals surface area contributed by atoms with Crippen LogP contribution in [0.3, 0.4) is 0 Å². The Morgan fingerprint density at radius 1 is 0.508 bits per heavy atom. The molecule has 7 aromatic carbocycles. The molecule has 0 saturated carbocycles. The summed E-state index contributed by atoms with van der Waals surface area (Å²) in [6, 6.07) is 19.3. The number of aromatic nitrogens is 2. The minimum atomic E-state index is -5.03. The third-order valence-corrected chi connectivity index (χ3v) is 11.6. The number of halogens is 12. The van der Waals surface area contributed by atoms with E-state index in [2.05, 4.69) is 24.3 Å². The van der Waals surface area contributed by atoms with Crippen LogP contribution >= 0.6 is 23.2 Å². The van der Waals surface area contributed by atoms with E-state index in [9.17, 15) is 8.78 Å². The van der Waals surface area contributed by atoms with Crippen molar-refractivity contribution in [2.75, 3.05) is 5.34 Å². The number of hydrogen-bond donors (Lipinski definition) is 0. The first-order valence-electron chi connectivity index (χ1n) is 19.8. The van der Waals surface area contributed by atoms with Crippen LogP contribution in [0.5, 0.6) is 11.5 Å². The molecular formula is C48H33BCl2F10N2O2. The molecule has 0 saturated heterocycles. The van der Waals surface area contributed by atoms with Crippen molar-refractivity contribution in [2.45, 2.75) is 41.5 Å². The molecule has 1 aromatic heterocycles. The van der Waals surface area contributed by atoms with E-state index in [1.165, 1.54) is 18.2 Å². The molecule has 0 N–H and O–H groups in total. The number of fused-ring (bicyclic) bond motifs is 6. The van der Waals surface area contributed by atoms with Gasteiger partial charge in [-0.1, -0.05) is 59.7 Å². The van der Waals surface area contributed by atoms with E-state index < -0.39 is 87.1 Å². The summed E-state index contributed by atoms with van der Waals surface area (Å²) >= 11 is 9.53. The second kappa shape index (κ2) is 16.7. The molecule has 0 aliphatic carbocycles. The number of rotatable bonds is 5. The maximum absolute atomic E-state index is 15.9. The highest BCUT2D eigenvalue weighted by atomic mass is 35.5. The normalized spacial score (nSPS) is 12.9. The molecule has 65 heavy (non-hydrogen) atoms. The van der Waals surface area contributed by atoms with Crippen molar-refractivity contribution in [2.24, 2.45) is 0 Å². The van der Waals surface area contributed by atoms with Crippen molar-refractivity contribution in [1.82, 2.24) is 4.57 Å². The van der Waals surface area contributed by atoms with Crippen LogP contribution < -0.4 is 24.8 Å². The summed E-state index contributed by atoms with van der Waals surface area (Å²) in [6.45, 7) is 6.91. The lowest BCUT2D eigenvalue weighted by Crippen LogP contribution is -2.70. The van der Waals surface area contributed by atoms with Gasteiger partial charge in [0.1, 0.15) is 58.5 Å². The second-order valence-electron chi connectivity index (χ2n) is 15.8. The van der Waals surface area contributed by atoms with E-state index in [1.807, 2.05) is 63.1 Å². The zero-order valence-corrected chi connectivity index (χ0v) is 36.5. The number of alkyl halides is 2. The van der Waals surface area contributed by atoms with Gasteiger partial charge in [-0.3, -0.25) is 0 Å². The molecule has 1 aliphatic heterocycles. The van der Waals surface area contributed by atoms with Crippen LogP contribution in [-0.2, 0) is 0 Å². The Morgan fingerprint density at radius 3 is 1.37 bits per heavy atom. The Hall–Kier alpha value is -6.19. The molecule has 0 bridgehead atoms. The SMILES string of the molecule is Cc1cc(C)c(-n2cc[n+](-c3c(C)cc(C)cc3C)c2-c2ccc3c4c(c5ccccc5c3c2)O[B-](c2c(F)c(F)c(F)c(F)c2F)(c2c(F)c(F)c(F)c(F)c2F)O4)c(C)c1.ClCCl. The molecule has 0 spiro atoms. The van der Waals surface area contributed by atoms with Crippen molar-refractivity contribution in [3.05, 3.63) is 171 Å². The average Bonchev–Trinajstić information content (AvgIpc) is 3.86. The van der Waals surface area contributed by atoms with Crippen molar-refractivity contribution in [1.29, 1.82) is 0 Å². The van der Waals surface area contributed by atoms with Crippen molar-refractivity contribution >= 4 is 62.2 Å². The largest absolute Gasteiger partial charge is 0.673 e. The van der Waals surface area contributed by atoms with Gasteiger partial charge in [-0.05, 0) is 104 Å².